The van der Waals surface area contributed by atoms with Gasteiger partial charge in [-0.1, -0.05) is 0 Å². The van der Waals surface area contributed by atoms with E-state index in [0.29, 0.717) is 0 Å². The van der Waals surface area contributed by atoms with Crippen molar-refractivity contribution < 1.29 is 24.5 Å². The lowest BCUT2D eigenvalue weighted by Crippen LogP contribution is -2.05. The summed E-state index contributed by atoms with van der Waals surface area (Å²) in [6, 6.07) is 1.18. The Morgan fingerprint density at radius 3 is 2.44 bits per heavy atom. The van der Waals surface area contributed by atoms with Gasteiger partial charge in [-0.15, -0.1) is 11.6 Å². The number of halogens is 1. The summed E-state index contributed by atoms with van der Waals surface area (Å²) in [6.07, 6.45) is 0. The predicted octanol–water partition coefficient (Wildman–Crippen LogP) is 1.54. The fourth-order valence-electron chi connectivity index (χ4n) is 1.31. The molecule has 0 heterocycles. The first-order valence-electron chi connectivity index (χ1n) is 4.32. The van der Waals surface area contributed by atoms with Gasteiger partial charge in [-0.05, 0) is 0 Å². The number of methoxy groups -OCH3 is 2. The van der Waals surface area contributed by atoms with Crippen LogP contribution in [0, 0.1) is 0 Å². The van der Waals surface area contributed by atoms with Crippen molar-refractivity contribution in [2.24, 2.45) is 0 Å². The smallest absolute Gasteiger partial charge is 0.203 e. The Balaban J connectivity index is 3.49. The molecule has 1 aromatic rings. The first-order valence-corrected chi connectivity index (χ1v) is 4.86. The van der Waals surface area contributed by atoms with E-state index < -0.39 is 11.5 Å². The third-order valence-electron chi connectivity index (χ3n) is 2.02. The molecule has 0 aliphatic rings. The molecule has 5 nitrogen and oxygen atoms in total. The van der Waals surface area contributed by atoms with Crippen molar-refractivity contribution in [2.45, 2.75) is 0 Å². The van der Waals surface area contributed by atoms with Crippen molar-refractivity contribution in [2.75, 3.05) is 20.1 Å². The molecule has 0 fully saturated rings. The van der Waals surface area contributed by atoms with E-state index in [1.165, 1.54) is 20.3 Å². The molecule has 2 N–H and O–H groups in total. The van der Waals surface area contributed by atoms with Gasteiger partial charge in [-0.3, -0.25) is 4.79 Å². The van der Waals surface area contributed by atoms with Crippen LogP contribution in [0.5, 0.6) is 23.0 Å². The second-order valence-corrected chi connectivity index (χ2v) is 3.18. The Morgan fingerprint density at radius 1 is 1.38 bits per heavy atom. The minimum absolute atomic E-state index is 0.0430. The van der Waals surface area contributed by atoms with E-state index in [-0.39, 0.29) is 28.7 Å². The van der Waals surface area contributed by atoms with E-state index in [1.54, 1.807) is 0 Å². The minimum Gasteiger partial charge on any atom is -0.504 e. The number of aromatic hydroxyl groups is 2. The van der Waals surface area contributed by atoms with Crippen molar-refractivity contribution in [3.05, 3.63) is 11.6 Å². The van der Waals surface area contributed by atoms with Gasteiger partial charge in [0.05, 0.1) is 20.1 Å². The summed E-state index contributed by atoms with van der Waals surface area (Å²) in [7, 11) is 2.57. The molecule has 6 heteroatoms. The zero-order chi connectivity index (χ0) is 12.3. The fraction of sp³-hybridized carbons (Fsp3) is 0.300. The van der Waals surface area contributed by atoms with Crippen LogP contribution in [0.3, 0.4) is 0 Å². The van der Waals surface area contributed by atoms with Crippen molar-refractivity contribution in [3.63, 3.8) is 0 Å². The first-order chi connectivity index (χ1) is 7.56. The standard InChI is InChI=1S/C10H11ClO5/c1-15-7-3-5(12)10(16-2)9(14)8(7)6(13)4-11/h3,12,14H,4H2,1-2H3. The predicted molar refractivity (Wildman–Crippen MR) is 57.9 cm³/mol. The lowest BCUT2D eigenvalue weighted by Gasteiger charge is -2.13. The maximum atomic E-state index is 11.5. The van der Waals surface area contributed by atoms with Crippen molar-refractivity contribution in [1.82, 2.24) is 0 Å². The number of ether oxygens (including phenoxy) is 2. The molecular formula is C10H11ClO5. The molecule has 0 unspecified atom stereocenters. The van der Waals surface area contributed by atoms with Crippen molar-refractivity contribution in [1.29, 1.82) is 0 Å². The average molecular weight is 247 g/mol. The molecule has 0 spiro atoms. The molecule has 0 atom stereocenters. The van der Waals surface area contributed by atoms with Gasteiger partial charge in [-0.2, -0.15) is 0 Å². The van der Waals surface area contributed by atoms with Crippen LogP contribution in [-0.4, -0.2) is 36.1 Å². The normalized spacial score (nSPS) is 9.94. The fourth-order valence-corrected chi connectivity index (χ4v) is 1.45. The van der Waals surface area contributed by atoms with E-state index in [1.807, 2.05) is 0 Å². The van der Waals surface area contributed by atoms with Gasteiger partial charge in [0.25, 0.3) is 0 Å². The summed E-state index contributed by atoms with van der Waals surface area (Å²) in [5.74, 6) is -1.77. The summed E-state index contributed by atoms with van der Waals surface area (Å²) in [5.41, 5.74) is -0.104. The number of hydrogen-bond donors (Lipinski definition) is 2. The highest BCUT2D eigenvalue weighted by atomic mass is 35.5. The number of alkyl halides is 1. The van der Waals surface area contributed by atoms with E-state index >= 15 is 0 Å². The number of phenols is 2. The summed E-state index contributed by atoms with van der Waals surface area (Å²) < 4.78 is 9.63. The number of phenolic OH excluding ortho intramolecular Hbond substituents is 2. The lowest BCUT2D eigenvalue weighted by molar-refractivity contribution is 0.101. The summed E-state index contributed by atoms with van der Waals surface area (Å²) in [6.45, 7) is 0. The van der Waals surface area contributed by atoms with Gasteiger partial charge in [-0.25, -0.2) is 0 Å². The van der Waals surface area contributed by atoms with E-state index in [9.17, 15) is 15.0 Å². The van der Waals surface area contributed by atoms with Gasteiger partial charge in [0.15, 0.2) is 17.3 Å². The number of hydrogen-bond acceptors (Lipinski definition) is 5. The van der Waals surface area contributed by atoms with Crippen LogP contribution in [-0.2, 0) is 0 Å². The maximum absolute atomic E-state index is 11.5. The zero-order valence-corrected chi connectivity index (χ0v) is 9.54. The Morgan fingerprint density at radius 2 is 2.00 bits per heavy atom. The minimum atomic E-state index is -0.519. The van der Waals surface area contributed by atoms with Gasteiger partial charge in [0, 0.05) is 6.07 Å². The monoisotopic (exact) mass is 246 g/mol. The molecule has 0 amide bonds. The molecule has 1 aromatic carbocycles. The number of carbonyl (C=O) groups is 1. The molecular weight excluding hydrogens is 236 g/mol. The van der Waals surface area contributed by atoms with Crippen LogP contribution in [0.25, 0.3) is 0 Å². The van der Waals surface area contributed by atoms with Crippen LogP contribution in [0.1, 0.15) is 10.4 Å². The zero-order valence-electron chi connectivity index (χ0n) is 8.78. The largest absolute Gasteiger partial charge is 0.504 e. The summed E-state index contributed by atoms with van der Waals surface area (Å²) >= 11 is 5.40. The van der Waals surface area contributed by atoms with E-state index in [4.69, 9.17) is 21.1 Å². The molecule has 0 aromatic heterocycles. The number of Topliss-reactive ketones (excluding diaryl/α,β-unsaturated/α-hetero) is 1. The highest BCUT2D eigenvalue weighted by molar-refractivity contribution is 6.31. The molecule has 0 saturated heterocycles. The Hall–Kier alpha value is -1.62. The average Bonchev–Trinajstić information content (AvgIpc) is 2.27. The molecule has 0 aliphatic carbocycles. The quantitative estimate of drug-likeness (QED) is 0.623. The third-order valence-corrected chi connectivity index (χ3v) is 2.27. The summed E-state index contributed by atoms with van der Waals surface area (Å²) in [4.78, 5) is 11.5. The number of rotatable bonds is 4. The van der Waals surface area contributed by atoms with Crippen LogP contribution in [0.15, 0.2) is 6.07 Å². The van der Waals surface area contributed by atoms with Gasteiger partial charge < -0.3 is 19.7 Å². The Kier molecular flexibility index (Phi) is 3.84. The molecule has 88 valence electrons. The van der Waals surface area contributed by atoms with Gasteiger partial charge in [0.1, 0.15) is 11.3 Å². The SMILES string of the molecule is COc1cc(O)c(OC)c(O)c1C(=O)CCl. The van der Waals surface area contributed by atoms with Crippen LogP contribution >= 0.6 is 11.6 Å². The second-order valence-electron chi connectivity index (χ2n) is 2.91. The van der Waals surface area contributed by atoms with E-state index in [0.717, 1.165) is 0 Å². The maximum Gasteiger partial charge on any atom is 0.203 e. The van der Waals surface area contributed by atoms with Gasteiger partial charge in [0.2, 0.25) is 5.75 Å². The van der Waals surface area contributed by atoms with E-state index in [2.05, 4.69) is 0 Å². The van der Waals surface area contributed by atoms with Crippen LogP contribution in [0.4, 0.5) is 0 Å². The van der Waals surface area contributed by atoms with Crippen LogP contribution in [0.2, 0.25) is 0 Å². The number of ketones is 1. The Bertz CT molecular complexity index is 416. The second kappa shape index (κ2) is 4.94. The third kappa shape index (κ3) is 1.99. The summed E-state index contributed by atoms with van der Waals surface area (Å²) in [5, 5.41) is 19.2. The topological polar surface area (TPSA) is 76.0 Å². The van der Waals surface area contributed by atoms with Crippen molar-refractivity contribution >= 4 is 17.4 Å². The molecule has 16 heavy (non-hydrogen) atoms. The van der Waals surface area contributed by atoms with Crippen molar-refractivity contribution in [3.8, 4) is 23.0 Å². The molecule has 1 rings (SSSR count). The lowest BCUT2D eigenvalue weighted by atomic mass is 10.1. The molecule has 0 saturated carbocycles. The molecule has 0 bridgehead atoms. The highest BCUT2D eigenvalue weighted by Crippen LogP contribution is 2.43. The first kappa shape index (κ1) is 12.4. The van der Waals surface area contributed by atoms with Gasteiger partial charge >= 0.3 is 0 Å². The molecule has 0 aliphatic heterocycles. The number of carbonyl (C=O) groups excluding carboxylic acids is 1. The molecule has 0 radical (unpaired) electrons. The van der Waals surface area contributed by atoms with Crippen LogP contribution < -0.4 is 9.47 Å². The number of benzene rings is 1. The Labute approximate surface area is 97.2 Å². The highest BCUT2D eigenvalue weighted by Gasteiger charge is 2.23.